The van der Waals surface area contributed by atoms with Crippen molar-refractivity contribution in [1.82, 2.24) is 16.0 Å². The standard InChI is InChI=1S/C11H19N3O5/c1-19-5-4-8(10(16)17)14-11(18)12-6-7-2-3-9(15)13-7/h7-8H,2-6H2,1H3,(H,13,15)(H,16,17)(H2,12,14,18). The Labute approximate surface area is 110 Å². The quantitative estimate of drug-likeness (QED) is 0.477. The number of methoxy groups -OCH3 is 1. The van der Waals surface area contributed by atoms with Gasteiger partial charge in [-0.2, -0.15) is 0 Å². The smallest absolute Gasteiger partial charge is 0.326 e. The van der Waals surface area contributed by atoms with Crippen molar-refractivity contribution in [3.63, 3.8) is 0 Å². The van der Waals surface area contributed by atoms with Crippen LogP contribution in [0.4, 0.5) is 4.79 Å². The second-order valence-corrected chi connectivity index (χ2v) is 4.33. The molecule has 1 fully saturated rings. The van der Waals surface area contributed by atoms with Crippen LogP contribution in [0.1, 0.15) is 19.3 Å². The molecule has 1 heterocycles. The lowest BCUT2D eigenvalue weighted by molar-refractivity contribution is -0.139. The highest BCUT2D eigenvalue weighted by Gasteiger charge is 2.23. The van der Waals surface area contributed by atoms with Crippen molar-refractivity contribution in [2.75, 3.05) is 20.3 Å². The third-order valence-electron chi connectivity index (χ3n) is 2.81. The van der Waals surface area contributed by atoms with Crippen LogP contribution >= 0.6 is 0 Å². The van der Waals surface area contributed by atoms with Gasteiger partial charge in [0.05, 0.1) is 0 Å². The summed E-state index contributed by atoms with van der Waals surface area (Å²) < 4.78 is 4.77. The fraction of sp³-hybridized carbons (Fsp3) is 0.727. The maximum atomic E-state index is 11.5. The predicted octanol–water partition coefficient (Wildman–Crippen LogP) is -0.946. The van der Waals surface area contributed by atoms with Gasteiger partial charge in [-0.3, -0.25) is 4.79 Å². The van der Waals surface area contributed by atoms with Crippen LogP contribution in [-0.2, 0) is 14.3 Å². The topological polar surface area (TPSA) is 117 Å². The Balaban J connectivity index is 2.27. The molecular formula is C11H19N3O5. The maximum absolute atomic E-state index is 11.5. The summed E-state index contributed by atoms with van der Waals surface area (Å²) >= 11 is 0. The molecule has 0 aromatic carbocycles. The second-order valence-electron chi connectivity index (χ2n) is 4.33. The number of rotatable bonds is 7. The van der Waals surface area contributed by atoms with Crippen molar-refractivity contribution >= 4 is 17.9 Å². The van der Waals surface area contributed by atoms with Gasteiger partial charge in [-0.1, -0.05) is 0 Å². The van der Waals surface area contributed by atoms with E-state index in [2.05, 4.69) is 16.0 Å². The van der Waals surface area contributed by atoms with Gasteiger partial charge in [-0.05, 0) is 6.42 Å². The van der Waals surface area contributed by atoms with E-state index in [1.54, 1.807) is 0 Å². The Morgan fingerprint density at radius 2 is 2.32 bits per heavy atom. The van der Waals surface area contributed by atoms with Crippen LogP contribution in [0.25, 0.3) is 0 Å². The Hall–Kier alpha value is -1.83. The van der Waals surface area contributed by atoms with Gasteiger partial charge in [0.15, 0.2) is 0 Å². The second kappa shape index (κ2) is 7.57. The van der Waals surface area contributed by atoms with Gasteiger partial charge < -0.3 is 25.8 Å². The summed E-state index contributed by atoms with van der Waals surface area (Å²) in [6.45, 7) is 0.532. The molecule has 108 valence electrons. The highest BCUT2D eigenvalue weighted by molar-refractivity contribution is 5.82. The van der Waals surface area contributed by atoms with Crippen molar-refractivity contribution in [2.45, 2.75) is 31.3 Å². The van der Waals surface area contributed by atoms with Crippen LogP contribution in [0.3, 0.4) is 0 Å². The van der Waals surface area contributed by atoms with Crippen LogP contribution < -0.4 is 16.0 Å². The van der Waals surface area contributed by atoms with Crippen LogP contribution in [0.15, 0.2) is 0 Å². The van der Waals surface area contributed by atoms with E-state index in [0.717, 1.165) is 0 Å². The number of carbonyl (C=O) groups excluding carboxylic acids is 2. The van der Waals surface area contributed by atoms with Crippen molar-refractivity contribution < 1.29 is 24.2 Å². The van der Waals surface area contributed by atoms with Crippen LogP contribution in [0, 0.1) is 0 Å². The van der Waals surface area contributed by atoms with Gasteiger partial charge >= 0.3 is 12.0 Å². The van der Waals surface area contributed by atoms with Crippen LogP contribution in [0.2, 0.25) is 0 Å². The van der Waals surface area contributed by atoms with E-state index in [1.165, 1.54) is 7.11 Å². The zero-order valence-corrected chi connectivity index (χ0v) is 10.8. The van der Waals surface area contributed by atoms with Gasteiger partial charge in [0.25, 0.3) is 0 Å². The van der Waals surface area contributed by atoms with Crippen LogP contribution in [-0.4, -0.2) is 55.4 Å². The number of aliphatic carboxylic acids is 1. The van der Waals surface area contributed by atoms with E-state index in [0.29, 0.717) is 12.8 Å². The first kappa shape index (κ1) is 15.2. The number of ether oxygens (including phenoxy) is 1. The molecule has 8 nitrogen and oxygen atoms in total. The molecule has 19 heavy (non-hydrogen) atoms. The van der Waals surface area contributed by atoms with Crippen molar-refractivity contribution in [2.24, 2.45) is 0 Å². The molecule has 0 aromatic heterocycles. The van der Waals surface area contributed by atoms with Gasteiger partial charge in [0, 0.05) is 39.1 Å². The zero-order chi connectivity index (χ0) is 14.3. The Morgan fingerprint density at radius 1 is 1.58 bits per heavy atom. The average molecular weight is 273 g/mol. The predicted molar refractivity (Wildman–Crippen MR) is 65.6 cm³/mol. The monoisotopic (exact) mass is 273 g/mol. The van der Waals surface area contributed by atoms with E-state index in [4.69, 9.17) is 9.84 Å². The highest BCUT2D eigenvalue weighted by atomic mass is 16.5. The molecule has 3 amide bonds. The lowest BCUT2D eigenvalue weighted by Crippen LogP contribution is -2.49. The number of hydrogen-bond donors (Lipinski definition) is 4. The Bertz CT molecular complexity index is 347. The molecule has 1 saturated heterocycles. The minimum Gasteiger partial charge on any atom is -0.480 e. The number of amides is 3. The van der Waals surface area contributed by atoms with E-state index < -0.39 is 18.0 Å². The minimum absolute atomic E-state index is 0.0317. The summed E-state index contributed by atoms with van der Waals surface area (Å²) in [5, 5.41) is 16.5. The Kier molecular flexibility index (Phi) is 6.07. The van der Waals surface area contributed by atoms with E-state index >= 15 is 0 Å². The number of carbonyl (C=O) groups is 3. The maximum Gasteiger partial charge on any atom is 0.326 e. The summed E-state index contributed by atoms with van der Waals surface area (Å²) in [5.41, 5.74) is 0. The molecule has 1 aliphatic heterocycles. The van der Waals surface area contributed by atoms with Crippen LogP contribution in [0.5, 0.6) is 0 Å². The molecule has 8 heteroatoms. The van der Waals surface area contributed by atoms with Crippen molar-refractivity contribution in [1.29, 1.82) is 0 Å². The van der Waals surface area contributed by atoms with Gasteiger partial charge in [-0.25, -0.2) is 9.59 Å². The normalized spacial score (nSPS) is 19.6. The summed E-state index contributed by atoms with van der Waals surface area (Å²) in [5.74, 6) is -1.14. The first-order valence-corrected chi connectivity index (χ1v) is 6.08. The number of hydrogen-bond acceptors (Lipinski definition) is 4. The SMILES string of the molecule is COCCC(NC(=O)NCC1CCC(=O)N1)C(=O)O. The first-order chi connectivity index (χ1) is 9.02. The molecule has 2 unspecified atom stereocenters. The third-order valence-corrected chi connectivity index (χ3v) is 2.81. The zero-order valence-electron chi connectivity index (χ0n) is 10.8. The molecule has 1 rings (SSSR count). The van der Waals surface area contributed by atoms with Gasteiger partial charge in [-0.15, -0.1) is 0 Å². The fourth-order valence-electron chi connectivity index (χ4n) is 1.75. The third kappa shape index (κ3) is 5.56. The van der Waals surface area contributed by atoms with Gasteiger partial charge in [0.1, 0.15) is 6.04 Å². The molecule has 0 radical (unpaired) electrons. The average Bonchev–Trinajstić information content (AvgIpc) is 2.77. The minimum atomic E-state index is -1.11. The van der Waals surface area contributed by atoms with E-state index in [1.807, 2.05) is 0 Å². The highest BCUT2D eigenvalue weighted by Crippen LogP contribution is 2.04. The lowest BCUT2D eigenvalue weighted by Gasteiger charge is -2.16. The molecule has 1 aliphatic rings. The van der Waals surface area contributed by atoms with Crippen molar-refractivity contribution in [3.8, 4) is 0 Å². The summed E-state index contributed by atoms with van der Waals surface area (Å²) in [6.07, 6.45) is 1.32. The molecule has 0 bridgehead atoms. The molecular weight excluding hydrogens is 254 g/mol. The molecule has 2 atom stereocenters. The molecule has 0 aromatic rings. The lowest BCUT2D eigenvalue weighted by atomic mass is 10.2. The van der Waals surface area contributed by atoms with E-state index in [9.17, 15) is 14.4 Å². The summed E-state index contributed by atoms with van der Waals surface area (Å²) in [7, 11) is 1.46. The number of nitrogens with one attached hydrogen (secondary N) is 3. The molecule has 0 saturated carbocycles. The first-order valence-electron chi connectivity index (χ1n) is 6.08. The largest absolute Gasteiger partial charge is 0.480 e. The van der Waals surface area contributed by atoms with E-state index in [-0.39, 0.29) is 31.5 Å². The molecule has 4 N–H and O–H groups in total. The van der Waals surface area contributed by atoms with Gasteiger partial charge in [0.2, 0.25) is 5.91 Å². The molecule has 0 aliphatic carbocycles. The summed E-state index contributed by atoms with van der Waals surface area (Å²) in [4.78, 5) is 33.4. The number of urea groups is 1. The summed E-state index contributed by atoms with van der Waals surface area (Å²) in [6, 6.07) is -1.64. The Morgan fingerprint density at radius 3 is 2.84 bits per heavy atom. The molecule has 0 spiro atoms. The fourth-order valence-corrected chi connectivity index (χ4v) is 1.75. The number of carboxylic acid groups (broad SMARTS) is 1. The number of carboxylic acids is 1. The van der Waals surface area contributed by atoms with Crippen molar-refractivity contribution in [3.05, 3.63) is 0 Å².